The maximum atomic E-state index is 5.53. The summed E-state index contributed by atoms with van der Waals surface area (Å²) in [5.74, 6) is 0.580. The molecule has 2 rings (SSSR count). The number of hydrogen-bond acceptors (Lipinski definition) is 3. The standard InChI is InChI=1S/C18H29NOS/c1-5-6-17(15-7-9-16(21-4)10-8-15)18(2,3)19-11-13-20-14-12-19/h7-10,17H,5-6,11-14H2,1-4H3. The fourth-order valence-corrected chi connectivity index (χ4v) is 3.82. The third-order valence-electron chi connectivity index (χ3n) is 4.77. The second-order valence-electron chi connectivity index (χ2n) is 6.37. The molecule has 3 heteroatoms. The van der Waals surface area contributed by atoms with Gasteiger partial charge >= 0.3 is 0 Å². The molecule has 0 aliphatic carbocycles. The summed E-state index contributed by atoms with van der Waals surface area (Å²) in [5.41, 5.74) is 1.66. The van der Waals surface area contributed by atoms with Crippen LogP contribution in [0.1, 0.15) is 45.1 Å². The molecule has 1 saturated heterocycles. The van der Waals surface area contributed by atoms with Gasteiger partial charge in [-0.3, -0.25) is 4.90 Å². The molecule has 0 N–H and O–H groups in total. The maximum Gasteiger partial charge on any atom is 0.0594 e. The topological polar surface area (TPSA) is 12.5 Å². The van der Waals surface area contributed by atoms with Crippen molar-refractivity contribution in [3.63, 3.8) is 0 Å². The molecule has 1 unspecified atom stereocenters. The largest absolute Gasteiger partial charge is 0.379 e. The van der Waals surface area contributed by atoms with Crippen molar-refractivity contribution < 1.29 is 4.74 Å². The molecule has 1 aliphatic heterocycles. The second kappa shape index (κ2) is 7.66. The summed E-state index contributed by atoms with van der Waals surface area (Å²) in [6.07, 6.45) is 4.60. The van der Waals surface area contributed by atoms with Crippen molar-refractivity contribution in [1.29, 1.82) is 0 Å². The highest BCUT2D eigenvalue weighted by molar-refractivity contribution is 7.98. The van der Waals surface area contributed by atoms with Crippen LogP contribution < -0.4 is 0 Å². The first-order chi connectivity index (χ1) is 10.1. The van der Waals surface area contributed by atoms with E-state index in [4.69, 9.17) is 4.74 Å². The van der Waals surface area contributed by atoms with Crippen LogP contribution in [0.4, 0.5) is 0 Å². The van der Waals surface area contributed by atoms with Crippen LogP contribution in [0, 0.1) is 0 Å². The Kier molecular flexibility index (Phi) is 6.15. The monoisotopic (exact) mass is 307 g/mol. The Labute approximate surface area is 134 Å². The van der Waals surface area contributed by atoms with E-state index in [9.17, 15) is 0 Å². The Hall–Kier alpha value is -0.510. The fraction of sp³-hybridized carbons (Fsp3) is 0.667. The molecule has 1 aromatic rings. The van der Waals surface area contributed by atoms with Gasteiger partial charge in [0.2, 0.25) is 0 Å². The summed E-state index contributed by atoms with van der Waals surface area (Å²) in [5, 5.41) is 0. The summed E-state index contributed by atoms with van der Waals surface area (Å²) < 4.78 is 5.53. The van der Waals surface area contributed by atoms with E-state index in [0.29, 0.717) is 5.92 Å². The highest BCUT2D eigenvalue weighted by Crippen LogP contribution is 2.37. The van der Waals surface area contributed by atoms with E-state index < -0.39 is 0 Å². The van der Waals surface area contributed by atoms with Gasteiger partial charge in [-0.15, -0.1) is 11.8 Å². The van der Waals surface area contributed by atoms with Crippen molar-refractivity contribution in [3.05, 3.63) is 29.8 Å². The molecule has 2 nitrogen and oxygen atoms in total. The molecule has 1 aromatic carbocycles. The van der Waals surface area contributed by atoms with Gasteiger partial charge in [0.05, 0.1) is 13.2 Å². The van der Waals surface area contributed by atoms with E-state index in [2.05, 4.69) is 56.2 Å². The van der Waals surface area contributed by atoms with Crippen LogP contribution in [0.3, 0.4) is 0 Å². The molecule has 1 aliphatic rings. The fourth-order valence-electron chi connectivity index (χ4n) is 3.41. The first-order valence-corrected chi connectivity index (χ1v) is 9.28. The zero-order chi connectivity index (χ0) is 15.3. The first-order valence-electron chi connectivity index (χ1n) is 8.06. The van der Waals surface area contributed by atoms with Gasteiger partial charge in [0.15, 0.2) is 0 Å². The van der Waals surface area contributed by atoms with Crippen molar-refractivity contribution in [2.75, 3.05) is 32.6 Å². The number of hydrogen-bond donors (Lipinski definition) is 0. The van der Waals surface area contributed by atoms with Gasteiger partial charge < -0.3 is 4.74 Å². The number of nitrogens with zero attached hydrogens (tertiary/aromatic N) is 1. The van der Waals surface area contributed by atoms with Crippen molar-refractivity contribution in [1.82, 2.24) is 4.90 Å². The minimum Gasteiger partial charge on any atom is -0.379 e. The molecule has 0 bridgehead atoms. The van der Waals surface area contributed by atoms with Crippen LogP contribution in [0.5, 0.6) is 0 Å². The van der Waals surface area contributed by atoms with Crippen LogP contribution in [0.15, 0.2) is 29.2 Å². The minimum absolute atomic E-state index is 0.181. The Balaban J connectivity index is 2.22. The Morgan fingerprint density at radius 3 is 2.33 bits per heavy atom. The molecule has 1 fully saturated rings. The van der Waals surface area contributed by atoms with E-state index in [1.165, 1.54) is 23.3 Å². The second-order valence-corrected chi connectivity index (χ2v) is 7.25. The van der Waals surface area contributed by atoms with Crippen molar-refractivity contribution in [2.45, 2.75) is 50.0 Å². The number of rotatable bonds is 6. The quantitative estimate of drug-likeness (QED) is 0.723. The number of ether oxygens (including phenoxy) is 1. The van der Waals surface area contributed by atoms with Gasteiger partial charge in [0.25, 0.3) is 0 Å². The molecule has 118 valence electrons. The van der Waals surface area contributed by atoms with Gasteiger partial charge in [-0.2, -0.15) is 0 Å². The van der Waals surface area contributed by atoms with Gasteiger partial charge in [-0.05, 0) is 44.2 Å². The molecule has 1 heterocycles. The van der Waals surface area contributed by atoms with Crippen LogP contribution in [0.2, 0.25) is 0 Å². The van der Waals surface area contributed by atoms with E-state index in [0.717, 1.165) is 26.3 Å². The molecule has 0 saturated carbocycles. The molecule has 21 heavy (non-hydrogen) atoms. The molecule has 1 atom stereocenters. The smallest absolute Gasteiger partial charge is 0.0594 e. The molecule has 0 spiro atoms. The molecule has 0 radical (unpaired) electrons. The zero-order valence-corrected chi connectivity index (χ0v) is 14.7. The number of thioether (sulfide) groups is 1. The highest BCUT2D eigenvalue weighted by atomic mass is 32.2. The normalized spacial score (nSPS) is 18.7. The van der Waals surface area contributed by atoms with Crippen LogP contribution in [-0.2, 0) is 4.74 Å². The molecule has 0 aromatic heterocycles. The summed E-state index contributed by atoms with van der Waals surface area (Å²) >= 11 is 1.81. The van der Waals surface area contributed by atoms with Crippen molar-refractivity contribution in [3.8, 4) is 0 Å². The van der Waals surface area contributed by atoms with Gasteiger partial charge in [-0.25, -0.2) is 0 Å². The minimum atomic E-state index is 0.181. The predicted octanol–water partition coefficient (Wildman–Crippen LogP) is 4.40. The molecule has 0 amide bonds. The summed E-state index contributed by atoms with van der Waals surface area (Å²) in [7, 11) is 0. The van der Waals surface area contributed by atoms with Gasteiger partial charge in [0, 0.05) is 29.4 Å². The molecular formula is C18H29NOS. The number of morpholine rings is 1. The lowest BCUT2D eigenvalue weighted by Gasteiger charge is -2.46. The third kappa shape index (κ3) is 4.02. The summed E-state index contributed by atoms with van der Waals surface area (Å²) in [4.78, 5) is 3.96. The van der Waals surface area contributed by atoms with Crippen molar-refractivity contribution >= 4 is 11.8 Å². The third-order valence-corrected chi connectivity index (χ3v) is 5.52. The van der Waals surface area contributed by atoms with Crippen LogP contribution in [0.25, 0.3) is 0 Å². The Bertz CT molecular complexity index is 423. The Morgan fingerprint density at radius 2 is 1.81 bits per heavy atom. The lowest BCUT2D eigenvalue weighted by Crippen LogP contribution is -2.53. The van der Waals surface area contributed by atoms with Crippen LogP contribution in [-0.4, -0.2) is 43.0 Å². The SMILES string of the molecule is CCCC(c1ccc(SC)cc1)C(C)(C)N1CCOCC1. The summed E-state index contributed by atoms with van der Waals surface area (Å²) in [6.45, 7) is 10.9. The maximum absolute atomic E-state index is 5.53. The lowest BCUT2D eigenvalue weighted by atomic mass is 9.77. The van der Waals surface area contributed by atoms with E-state index in [1.54, 1.807) is 0 Å². The summed E-state index contributed by atoms with van der Waals surface area (Å²) in [6, 6.07) is 9.18. The van der Waals surface area contributed by atoms with E-state index >= 15 is 0 Å². The average molecular weight is 308 g/mol. The molecular weight excluding hydrogens is 278 g/mol. The Morgan fingerprint density at radius 1 is 1.19 bits per heavy atom. The highest BCUT2D eigenvalue weighted by Gasteiger charge is 2.36. The van der Waals surface area contributed by atoms with E-state index in [1.807, 2.05) is 11.8 Å². The van der Waals surface area contributed by atoms with Gasteiger partial charge in [0.1, 0.15) is 0 Å². The zero-order valence-electron chi connectivity index (χ0n) is 13.9. The predicted molar refractivity (Wildman–Crippen MR) is 92.3 cm³/mol. The van der Waals surface area contributed by atoms with Gasteiger partial charge in [-0.1, -0.05) is 25.5 Å². The first kappa shape index (κ1) is 16.9. The van der Waals surface area contributed by atoms with Crippen molar-refractivity contribution in [2.24, 2.45) is 0 Å². The van der Waals surface area contributed by atoms with Crippen LogP contribution >= 0.6 is 11.8 Å². The lowest BCUT2D eigenvalue weighted by molar-refractivity contribution is -0.0207. The average Bonchev–Trinajstić information content (AvgIpc) is 2.53. The van der Waals surface area contributed by atoms with E-state index in [-0.39, 0.29) is 5.54 Å². The number of benzene rings is 1.